The van der Waals surface area contributed by atoms with Gasteiger partial charge in [0.25, 0.3) is 0 Å². The molecule has 0 unspecified atom stereocenters. The van der Waals surface area contributed by atoms with Gasteiger partial charge in [0.1, 0.15) is 0 Å². The molecule has 1 fully saturated rings. The Morgan fingerprint density at radius 1 is 1.20 bits per heavy atom. The Morgan fingerprint density at radius 2 is 1.70 bits per heavy atom. The SMILES string of the molecule is O=C(O)C(F)(F)F.c1ccc(SC2CCNCC2)cc1. The number of piperidine rings is 1. The number of thioether (sulfide) groups is 1. The molecule has 2 rings (SSSR count). The largest absolute Gasteiger partial charge is 0.490 e. The molecule has 0 spiro atoms. The first-order valence-corrected chi connectivity index (χ1v) is 7.00. The standard InChI is InChI=1S/C11H15NS.C2HF3O2/c1-2-4-10(5-3-1)13-11-6-8-12-9-7-11;3-2(4,5)1(6)7/h1-5,11-12H,6-9H2;(H,6,7). The second-order valence-electron chi connectivity index (χ2n) is 4.18. The van der Waals surface area contributed by atoms with Crippen LogP contribution < -0.4 is 5.32 Å². The molecule has 0 saturated carbocycles. The number of benzene rings is 1. The Hall–Kier alpha value is -1.21. The molecule has 0 aliphatic carbocycles. The van der Waals surface area contributed by atoms with E-state index in [0.717, 1.165) is 5.25 Å². The number of nitrogens with one attached hydrogen (secondary N) is 1. The summed E-state index contributed by atoms with van der Waals surface area (Å²) in [5.41, 5.74) is 0. The molecule has 7 heteroatoms. The van der Waals surface area contributed by atoms with Crippen molar-refractivity contribution < 1.29 is 23.1 Å². The van der Waals surface area contributed by atoms with E-state index in [1.165, 1.54) is 30.8 Å². The molecule has 3 nitrogen and oxygen atoms in total. The van der Waals surface area contributed by atoms with Crippen molar-refractivity contribution in [3.63, 3.8) is 0 Å². The summed E-state index contributed by atoms with van der Waals surface area (Å²) in [6.45, 7) is 2.37. The quantitative estimate of drug-likeness (QED) is 0.881. The molecule has 1 aromatic rings. The van der Waals surface area contributed by atoms with Crippen molar-refractivity contribution >= 4 is 17.7 Å². The van der Waals surface area contributed by atoms with Gasteiger partial charge in [0.05, 0.1) is 0 Å². The fourth-order valence-corrected chi connectivity index (χ4v) is 2.78. The third-order valence-corrected chi connectivity index (χ3v) is 3.92. The normalized spacial score (nSPS) is 16.1. The van der Waals surface area contributed by atoms with Crippen LogP contribution in [0.5, 0.6) is 0 Å². The fraction of sp³-hybridized carbons (Fsp3) is 0.462. The summed E-state index contributed by atoms with van der Waals surface area (Å²) < 4.78 is 31.7. The van der Waals surface area contributed by atoms with Crippen LogP contribution in [0.4, 0.5) is 13.2 Å². The molecule has 20 heavy (non-hydrogen) atoms. The first kappa shape index (κ1) is 16.8. The summed E-state index contributed by atoms with van der Waals surface area (Å²) in [7, 11) is 0. The molecule has 1 saturated heterocycles. The van der Waals surface area contributed by atoms with Crippen molar-refractivity contribution in [2.75, 3.05) is 13.1 Å². The van der Waals surface area contributed by atoms with Gasteiger partial charge in [0.15, 0.2) is 0 Å². The molecular formula is C13H16F3NO2S. The van der Waals surface area contributed by atoms with Crippen molar-refractivity contribution in [3.05, 3.63) is 30.3 Å². The number of hydrogen-bond donors (Lipinski definition) is 2. The average molecular weight is 307 g/mol. The Balaban J connectivity index is 0.000000246. The Morgan fingerprint density at radius 3 is 2.15 bits per heavy atom. The van der Waals surface area contributed by atoms with Crippen molar-refractivity contribution in [1.82, 2.24) is 5.32 Å². The Kier molecular flexibility index (Phi) is 6.87. The first-order valence-electron chi connectivity index (χ1n) is 6.12. The minimum absolute atomic E-state index is 0.823. The van der Waals surface area contributed by atoms with Gasteiger partial charge in [-0.1, -0.05) is 18.2 Å². The van der Waals surface area contributed by atoms with E-state index in [-0.39, 0.29) is 0 Å². The third-order valence-electron chi connectivity index (χ3n) is 2.57. The van der Waals surface area contributed by atoms with Gasteiger partial charge < -0.3 is 10.4 Å². The molecule has 0 aromatic heterocycles. The lowest BCUT2D eigenvalue weighted by molar-refractivity contribution is -0.192. The van der Waals surface area contributed by atoms with Crippen LogP contribution in [0.2, 0.25) is 0 Å². The summed E-state index contributed by atoms with van der Waals surface area (Å²) in [4.78, 5) is 10.3. The van der Waals surface area contributed by atoms with Crippen LogP contribution in [0.3, 0.4) is 0 Å². The second-order valence-corrected chi connectivity index (χ2v) is 5.56. The number of rotatable bonds is 2. The first-order chi connectivity index (χ1) is 9.39. The number of carboxylic acid groups (broad SMARTS) is 1. The number of carboxylic acids is 1. The molecule has 1 aromatic carbocycles. The van der Waals surface area contributed by atoms with Gasteiger partial charge in [-0.05, 0) is 38.1 Å². The van der Waals surface area contributed by atoms with E-state index >= 15 is 0 Å². The highest BCUT2D eigenvalue weighted by molar-refractivity contribution is 8.00. The van der Waals surface area contributed by atoms with Crippen molar-refractivity contribution in [2.24, 2.45) is 0 Å². The van der Waals surface area contributed by atoms with Crippen LogP contribution in [0.25, 0.3) is 0 Å². The highest BCUT2D eigenvalue weighted by atomic mass is 32.2. The van der Waals surface area contributed by atoms with Gasteiger partial charge in [-0.2, -0.15) is 13.2 Å². The van der Waals surface area contributed by atoms with E-state index in [2.05, 4.69) is 35.6 Å². The smallest absolute Gasteiger partial charge is 0.475 e. The van der Waals surface area contributed by atoms with Crippen LogP contribution >= 0.6 is 11.8 Å². The lowest BCUT2D eigenvalue weighted by atomic mass is 10.2. The number of alkyl halides is 3. The lowest BCUT2D eigenvalue weighted by Crippen LogP contribution is -2.29. The number of halogens is 3. The summed E-state index contributed by atoms with van der Waals surface area (Å²) in [6, 6.07) is 10.7. The van der Waals surface area contributed by atoms with Crippen molar-refractivity contribution in [3.8, 4) is 0 Å². The van der Waals surface area contributed by atoms with E-state index < -0.39 is 12.1 Å². The lowest BCUT2D eigenvalue weighted by Gasteiger charge is -2.21. The molecule has 0 atom stereocenters. The molecule has 0 amide bonds. The maximum atomic E-state index is 10.6. The average Bonchev–Trinajstić information content (AvgIpc) is 2.40. The van der Waals surface area contributed by atoms with E-state index in [4.69, 9.17) is 9.90 Å². The molecule has 0 bridgehead atoms. The van der Waals surface area contributed by atoms with Gasteiger partial charge in [-0.3, -0.25) is 0 Å². The summed E-state index contributed by atoms with van der Waals surface area (Å²) >= 11 is 2.02. The molecular weight excluding hydrogens is 291 g/mol. The minimum atomic E-state index is -5.08. The predicted molar refractivity (Wildman–Crippen MR) is 71.9 cm³/mol. The van der Waals surface area contributed by atoms with Gasteiger partial charge in [0, 0.05) is 10.1 Å². The highest BCUT2D eigenvalue weighted by Crippen LogP contribution is 2.27. The van der Waals surface area contributed by atoms with Gasteiger partial charge >= 0.3 is 12.1 Å². The van der Waals surface area contributed by atoms with Gasteiger partial charge in [0.2, 0.25) is 0 Å². The number of aliphatic carboxylic acids is 1. The third kappa shape index (κ3) is 6.81. The monoisotopic (exact) mass is 307 g/mol. The maximum absolute atomic E-state index is 10.6. The molecule has 0 radical (unpaired) electrons. The zero-order valence-electron chi connectivity index (χ0n) is 10.7. The van der Waals surface area contributed by atoms with E-state index in [0.29, 0.717) is 0 Å². The Bertz CT molecular complexity index is 406. The number of carbonyl (C=O) groups is 1. The zero-order valence-corrected chi connectivity index (χ0v) is 11.5. The molecule has 2 N–H and O–H groups in total. The maximum Gasteiger partial charge on any atom is 0.490 e. The molecule has 1 heterocycles. The summed E-state index contributed by atoms with van der Waals surface area (Å²) in [5.74, 6) is -2.76. The van der Waals surface area contributed by atoms with E-state index in [9.17, 15) is 13.2 Å². The number of hydrogen-bond acceptors (Lipinski definition) is 3. The fourth-order valence-electron chi connectivity index (χ4n) is 1.60. The predicted octanol–water partition coefficient (Wildman–Crippen LogP) is 3.16. The van der Waals surface area contributed by atoms with Crippen LogP contribution in [-0.2, 0) is 4.79 Å². The van der Waals surface area contributed by atoms with Crippen LogP contribution in [-0.4, -0.2) is 35.6 Å². The van der Waals surface area contributed by atoms with E-state index in [1.54, 1.807) is 0 Å². The minimum Gasteiger partial charge on any atom is -0.475 e. The van der Waals surface area contributed by atoms with Crippen LogP contribution in [0, 0.1) is 0 Å². The van der Waals surface area contributed by atoms with Crippen LogP contribution in [0.1, 0.15) is 12.8 Å². The molecule has 1 aliphatic heterocycles. The Labute approximate surface area is 119 Å². The summed E-state index contributed by atoms with van der Waals surface area (Å²) in [6.07, 6.45) is -2.47. The van der Waals surface area contributed by atoms with Crippen molar-refractivity contribution in [2.45, 2.75) is 29.2 Å². The molecule has 1 aliphatic rings. The summed E-state index contributed by atoms with van der Waals surface area (Å²) in [5, 5.41) is 11.3. The van der Waals surface area contributed by atoms with Crippen molar-refractivity contribution in [1.29, 1.82) is 0 Å². The van der Waals surface area contributed by atoms with Crippen LogP contribution in [0.15, 0.2) is 35.2 Å². The second kappa shape index (κ2) is 8.16. The zero-order chi connectivity index (χ0) is 15.0. The highest BCUT2D eigenvalue weighted by Gasteiger charge is 2.38. The van der Waals surface area contributed by atoms with E-state index in [1.807, 2.05) is 11.8 Å². The molecule has 112 valence electrons. The van der Waals surface area contributed by atoms with Gasteiger partial charge in [-0.15, -0.1) is 11.8 Å². The van der Waals surface area contributed by atoms with Gasteiger partial charge in [-0.25, -0.2) is 4.79 Å². The topological polar surface area (TPSA) is 49.3 Å².